The minimum Gasteiger partial charge on any atom is -0.492 e. The average Bonchev–Trinajstić information content (AvgIpc) is 2.73. The minimum atomic E-state index is 0.638. The molecule has 0 spiro atoms. The lowest BCUT2D eigenvalue weighted by Gasteiger charge is -2.24. The van der Waals surface area contributed by atoms with Crippen LogP contribution >= 0.6 is 0 Å². The molecular weight excluding hydrogens is 226 g/mol. The van der Waals surface area contributed by atoms with Gasteiger partial charge >= 0.3 is 0 Å². The summed E-state index contributed by atoms with van der Waals surface area (Å²) in [6.07, 6.45) is 6.40. The molecule has 4 heterocycles. The van der Waals surface area contributed by atoms with E-state index in [4.69, 9.17) is 4.74 Å². The minimum absolute atomic E-state index is 0.638. The molecule has 3 aliphatic rings. The molecule has 3 aliphatic heterocycles. The molecule has 2 bridgehead atoms. The van der Waals surface area contributed by atoms with Gasteiger partial charge in [-0.25, -0.2) is 0 Å². The fourth-order valence-electron chi connectivity index (χ4n) is 2.97. The van der Waals surface area contributed by atoms with Crippen LogP contribution in [0.1, 0.15) is 19.8 Å². The third-order valence-electron chi connectivity index (χ3n) is 3.91. The Morgan fingerprint density at radius 2 is 2.33 bits per heavy atom. The zero-order chi connectivity index (χ0) is 12.4. The van der Waals surface area contributed by atoms with Crippen LogP contribution in [-0.2, 0) is 0 Å². The fraction of sp³-hybridized carbons (Fsp3) is 0.643. The Hall–Kier alpha value is -1.29. The van der Waals surface area contributed by atoms with Crippen molar-refractivity contribution in [1.82, 2.24) is 10.3 Å². The van der Waals surface area contributed by atoms with Gasteiger partial charge in [0.2, 0.25) is 0 Å². The second-order valence-electron chi connectivity index (χ2n) is 5.27. The van der Waals surface area contributed by atoms with Gasteiger partial charge in [-0.15, -0.1) is 0 Å². The van der Waals surface area contributed by atoms with Crippen LogP contribution in [-0.4, -0.2) is 37.3 Å². The third kappa shape index (κ3) is 2.43. The lowest BCUT2D eigenvalue weighted by atomic mass is 9.97. The third-order valence-corrected chi connectivity index (χ3v) is 3.91. The SMILES string of the molecule is CCOc1cncc(N2CC3CCC(C2)NC3)c1. The molecule has 2 unspecified atom stereocenters. The molecule has 4 nitrogen and oxygen atoms in total. The Bertz CT molecular complexity index is 388. The topological polar surface area (TPSA) is 37.4 Å². The summed E-state index contributed by atoms with van der Waals surface area (Å²) in [6, 6.07) is 2.75. The highest BCUT2D eigenvalue weighted by Crippen LogP contribution is 2.27. The summed E-state index contributed by atoms with van der Waals surface area (Å²) in [4.78, 5) is 6.75. The average molecular weight is 247 g/mol. The number of hydrogen-bond donors (Lipinski definition) is 1. The largest absolute Gasteiger partial charge is 0.492 e. The Kier molecular flexibility index (Phi) is 3.37. The lowest BCUT2D eigenvalue weighted by molar-refractivity contribution is 0.339. The van der Waals surface area contributed by atoms with Crippen molar-refractivity contribution in [3.8, 4) is 5.75 Å². The summed E-state index contributed by atoms with van der Waals surface area (Å²) < 4.78 is 5.53. The van der Waals surface area contributed by atoms with Crippen LogP contribution in [0.5, 0.6) is 5.75 Å². The van der Waals surface area contributed by atoms with Gasteiger partial charge in [0, 0.05) is 25.2 Å². The second kappa shape index (κ2) is 5.14. The quantitative estimate of drug-likeness (QED) is 0.881. The molecule has 3 fully saturated rings. The van der Waals surface area contributed by atoms with E-state index < -0.39 is 0 Å². The van der Waals surface area contributed by atoms with E-state index in [2.05, 4.69) is 21.3 Å². The molecule has 4 heteroatoms. The summed E-state index contributed by atoms with van der Waals surface area (Å²) >= 11 is 0. The number of ether oxygens (including phenoxy) is 1. The van der Waals surface area contributed by atoms with Crippen LogP contribution < -0.4 is 15.0 Å². The molecule has 0 radical (unpaired) electrons. The number of rotatable bonds is 3. The van der Waals surface area contributed by atoms with Crippen molar-refractivity contribution in [1.29, 1.82) is 0 Å². The normalized spacial score (nSPS) is 27.1. The molecule has 1 aromatic heterocycles. The maximum atomic E-state index is 5.53. The number of nitrogens with zero attached hydrogens (tertiary/aromatic N) is 2. The molecule has 3 saturated heterocycles. The number of hydrogen-bond acceptors (Lipinski definition) is 4. The first-order valence-electron chi connectivity index (χ1n) is 6.91. The van der Waals surface area contributed by atoms with E-state index >= 15 is 0 Å². The summed E-state index contributed by atoms with van der Waals surface area (Å²) in [7, 11) is 0. The lowest BCUT2D eigenvalue weighted by Crippen LogP contribution is -2.39. The van der Waals surface area contributed by atoms with Gasteiger partial charge in [0.15, 0.2) is 0 Å². The number of pyridine rings is 1. The van der Waals surface area contributed by atoms with E-state index in [1.54, 1.807) is 6.20 Å². The van der Waals surface area contributed by atoms with Gasteiger partial charge in [0.05, 0.1) is 24.7 Å². The van der Waals surface area contributed by atoms with E-state index in [-0.39, 0.29) is 0 Å². The van der Waals surface area contributed by atoms with Gasteiger partial charge < -0.3 is 15.0 Å². The van der Waals surface area contributed by atoms with Crippen LogP contribution in [0.4, 0.5) is 5.69 Å². The molecule has 1 aromatic rings. The van der Waals surface area contributed by atoms with Gasteiger partial charge in [-0.3, -0.25) is 4.98 Å². The summed E-state index contributed by atoms with van der Waals surface area (Å²) in [5.41, 5.74) is 1.20. The van der Waals surface area contributed by atoms with Gasteiger partial charge in [0.1, 0.15) is 5.75 Å². The van der Waals surface area contributed by atoms with Crippen LogP contribution in [0.2, 0.25) is 0 Å². The van der Waals surface area contributed by atoms with Crippen LogP contribution in [0.3, 0.4) is 0 Å². The number of nitrogens with one attached hydrogen (secondary N) is 1. The zero-order valence-corrected chi connectivity index (χ0v) is 10.9. The monoisotopic (exact) mass is 247 g/mol. The van der Waals surface area contributed by atoms with E-state index in [0.29, 0.717) is 12.6 Å². The zero-order valence-electron chi connectivity index (χ0n) is 10.9. The van der Waals surface area contributed by atoms with Crippen molar-refractivity contribution in [2.75, 3.05) is 31.1 Å². The first kappa shape index (κ1) is 11.8. The predicted octanol–water partition coefficient (Wildman–Crippen LogP) is 1.67. The van der Waals surface area contributed by atoms with Gasteiger partial charge in [0.25, 0.3) is 0 Å². The van der Waals surface area contributed by atoms with E-state index in [0.717, 1.165) is 24.8 Å². The van der Waals surface area contributed by atoms with E-state index in [1.807, 2.05) is 13.1 Å². The highest BCUT2D eigenvalue weighted by atomic mass is 16.5. The number of piperidine rings is 1. The summed E-state index contributed by atoms with van der Waals surface area (Å²) in [5.74, 6) is 1.65. The molecule has 0 aliphatic carbocycles. The summed E-state index contributed by atoms with van der Waals surface area (Å²) in [5, 5.41) is 3.63. The van der Waals surface area contributed by atoms with E-state index in [1.165, 1.54) is 25.1 Å². The van der Waals surface area contributed by atoms with Crippen LogP contribution in [0, 0.1) is 5.92 Å². The fourth-order valence-corrected chi connectivity index (χ4v) is 2.97. The van der Waals surface area contributed by atoms with Gasteiger partial charge in [-0.05, 0) is 32.2 Å². The van der Waals surface area contributed by atoms with Crippen LogP contribution in [0.15, 0.2) is 18.5 Å². The van der Waals surface area contributed by atoms with Crippen LogP contribution in [0.25, 0.3) is 0 Å². The Morgan fingerprint density at radius 1 is 1.39 bits per heavy atom. The van der Waals surface area contributed by atoms with Crippen molar-refractivity contribution in [2.45, 2.75) is 25.8 Å². The molecule has 0 saturated carbocycles. The molecule has 18 heavy (non-hydrogen) atoms. The van der Waals surface area contributed by atoms with Crippen molar-refractivity contribution in [3.63, 3.8) is 0 Å². The molecule has 4 rings (SSSR count). The van der Waals surface area contributed by atoms with E-state index in [9.17, 15) is 0 Å². The highest BCUT2D eigenvalue weighted by Gasteiger charge is 2.29. The first-order chi connectivity index (χ1) is 8.85. The van der Waals surface area contributed by atoms with Crippen molar-refractivity contribution in [3.05, 3.63) is 18.5 Å². The standard InChI is InChI=1S/C14H21N3O/c1-2-18-14-5-13(7-15-8-14)17-9-11-3-4-12(10-17)16-6-11/h5,7-8,11-12,16H,2-4,6,9-10H2,1H3. The smallest absolute Gasteiger partial charge is 0.139 e. The number of fused-ring (bicyclic) bond motifs is 4. The second-order valence-corrected chi connectivity index (χ2v) is 5.27. The molecule has 2 atom stereocenters. The maximum Gasteiger partial charge on any atom is 0.139 e. The predicted molar refractivity (Wildman–Crippen MR) is 72.1 cm³/mol. The molecule has 98 valence electrons. The molecular formula is C14H21N3O. The van der Waals surface area contributed by atoms with Crippen molar-refractivity contribution >= 4 is 5.69 Å². The van der Waals surface area contributed by atoms with Gasteiger partial charge in [-0.2, -0.15) is 0 Å². The Labute approximate surface area is 108 Å². The highest BCUT2D eigenvalue weighted by molar-refractivity contribution is 5.48. The Balaban J connectivity index is 1.79. The Morgan fingerprint density at radius 3 is 3.11 bits per heavy atom. The van der Waals surface area contributed by atoms with Gasteiger partial charge in [-0.1, -0.05) is 0 Å². The van der Waals surface area contributed by atoms with Crippen molar-refractivity contribution in [2.24, 2.45) is 5.92 Å². The molecule has 0 aromatic carbocycles. The first-order valence-corrected chi connectivity index (χ1v) is 6.91. The summed E-state index contributed by atoms with van der Waals surface area (Å²) in [6.45, 7) is 6.09. The molecule has 0 amide bonds. The maximum absolute atomic E-state index is 5.53. The van der Waals surface area contributed by atoms with Crippen molar-refractivity contribution < 1.29 is 4.74 Å². The number of aromatic nitrogens is 1. The molecule has 1 N–H and O–H groups in total. The number of anilines is 1.